The van der Waals surface area contributed by atoms with Gasteiger partial charge in [0.2, 0.25) is 5.91 Å². The zero-order valence-electron chi connectivity index (χ0n) is 14.9. The van der Waals surface area contributed by atoms with E-state index in [0.717, 1.165) is 14.0 Å². The van der Waals surface area contributed by atoms with Crippen molar-refractivity contribution in [3.8, 4) is 0 Å². The highest BCUT2D eigenvalue weighted by atomic mass is 16.7. The van der Waals surface area contributed by atoms with Crippen molar-refractivity contribution in [2.24, 2.45) is 0 Å². The molecule has 0 bridgehead atoms. The first-order chi connectivity index (χ1) is 12.6. The zero-order chi connectivity index (χ0) is 20.5. The third-order valence-corrected chi connectivity index (χ3v) is 5.03. The summed E-state index contributed by atoms with van der Waals surface area (Å²) in [6.45, 7) is -0.386. The number of rotatable bonds is 5. The molecule has 0 spiro atoms. The second kappa shape index (κ2) is 8.61. The zero-order valence-corrected chi connectivity index (χ0v) is 14.9. The summed E-state index contributed by atoms with van der Waals surface area (Å²) in [6.07, 6.45) is -13.1. The summed E-state index contributed by atoms with van der Waals surface area (Å²) in [7, 11) is 1.16. The molecule has 0 aliphatic carbocycles. The van der Waals surface area contributed by atoms with Crippen LogP contribution in [0.4, 0.5) is 0 Å². The predicted octanol–water partition coefficient (Wildman–Crippen LogP) is -5.21. The van der Waals surface area contributed by atoms with Crippen molar-refractivity contribution < 1.29 is 54.8 Å². The van der Waals surface area contributed by atoms with Crippen molar-refractivity contribution in [2.45, 2.75) is 67.6 Å². The second-order valence-electron chi connectivity index (χ2n) is 6.72. The SMILES string of the molecule is CO[C@H]1O[C@H](CO)[C@H](O)[C@@](O)([C@@H]2O[C@H](CO)[C@@H](O)[C@H](O)[C@@H]2NC(C)=O)[C@H]1O. The molecule has 2 fully saturated rings. The van der Waals surface area contributed by atoms with Crippen LogP contribution in [0, 0.1) is 0 Å². The summed E-state index contributed by atoms with van der Waals surface area (Å²) in [4.78, 5) is 11.5. The van der Waals surface area contributed by atoms with Crippen molar-refractivity contribution in [3.05, 3.63) is 0 Å². The van der Waals surface area contributed by atoms with Crippen LogP contribution >= 0.6 is 0 Å². The van der Waals surface area contributed by atoms with Crippen molar-refractivity contribution >= 4 is 5.91 Å². The van der Waals surface area contributed by atoms with Crippen LogP contribution in [0.5, 0.6) is 0 Å². The van der Waals surface area contributed by atoms with Crippen molar-refractivity contribution in [3.63, 3.8) is 0 Å². The van der Waals surface area contributed by atoms with Gasteiger partial charge in [-0.3, -0.25) is 4.79 Å². The molecule has 2 saturated heterocycles. The Hall–Kier alpha value is -0.930. The third kappa shape index (κ3) is 3.82. The molecule has 2 aliphatic rings. The Labute approximate surface area is 154 Å². The Balaban J connectivity index is 2.50. The molecule has 1 amide bonds. The van der Waals surface area contributed by atoms with E-state index < -0.39 is 79.8 Å². The molecule has 2 aliphatic heterocycles. The van der Waals surface area contributed by atoms with E-state index in [1.54, 1.807) is 0 Å². The number of carbonyl (C=O) groups is 1. The van der Waals surface area contributed by atoms with E-state index in [-0.39, 0.29) is 0 Å². The molecule has 0 aromatic heterocycles. The topological polar surface area (TPSA) is 198 Å². The summed E-state index contributed by atoms with van der Waals surface area (Å²) in [5, 5.41) is 73.9. The fraction of sp³-hybridized carbons (Fsp3) is 0.933. The van der Waals surface area contributed by atoms with Gasteiger partial charge in [-0.15, -0.1) is 0 Å². The summed E-state index contributed by atoms with van der Waals surface area (Å²) < 4.78 is 15.6. The molecule has 0 aromatic carbocycles. The molecule has 8 N–H and O–H groups in total. The highest BCUT2D eigenvalue weighted by Crippen LogP contribution is 2.39. The van der Waals surface area contributed by atoms with E-state index in [1.807, 2.05) is 0 Å². The van der Waals surface area contributed by atoms with Gasteiger partial charge < -0.3 is 55.3 Å². The molecule has 0 aromatic rings. The Kier molecular flexibility index (Phi) is 7.13. The lowest BCUT2D eigenvalue weighted by Crippen LogP contribution is -2.79. The summed E-state index contributed by atoms with van der Waals surface area (Å²) >= 11 is 0. The molecule has 2 rings (SSSR count). The van der Waals surface area contributed by atoms with Crippen LogP contribution < -0.4 is 5.32 Å². The van der Waals surface area contributed by atoms with Crippen molar-refractivity contribution in [2.75, 3.05) is 20.3 Å². The van der Waals surface area contributed by atoms with Gasteiger partial charge >= 0.3 is 0 Å². The van der Waals surface area contributed by atoms with Gasteiger partial charge in [-0.05, 0) is 0 Å². The molecule has 10 atom stereocenters. The normalized spacial score (nSPS) is 48.3. The van der Waals surface area contributed by atoms with E-state index in [4.69, 9.17) is 14.2 Å². The summed E-state index contributed by atoms with van der Waals surface area (Å²) in [5.74, 6) is -0.649. The maximum Gasteiger partial charge on any atom is 0.217 e. The smallest absolute Gasteiger partial charge is 0.217 e. The molecule has 12 nitrogen and oxygen atoms in total. The van der Waals surface area contributed by atoms with Gasteiger partial charge in [0.15, 0.2) is 11.9 Å². The van der Waals surface area contributed by atoms with E-state index in [9.17, 15) is 40.5 Å². The third-order valence-electron chi connectivity index (χ3n) is 5.03. The number of ether oxygens (including phenoxy) is 3. The maximum atomic E-state index is 11.5. The van der Waals surface area contributed by atoms with E-state index >= 15 is 0 Å². The molecule has 0 radical (unpaired) electrons. The van der Waals surface area contributed by atoms with Crippen LogP contribution in [-0.4, -0.2) is 123 Å². The monoisotopic (exact) mass is 397 g/mol. The van der Waals surface area contributed by atoms with Gasteiger partial charge in [0.1, 0.15) is 42.7 Å². The minimum atomic E-state index is -2.60. The minimum Gasteiger partial charge on any atom is -0.394 e. The Morgan fingerprint density at radius 3 is 2.11 bits per heavy atom. The molecule has 0 unspecified atom stereocenters. The van der Waals surface area contributed by atoms with Crippen LogP contribution in [-0.2, 0) is 19.0 Å². The standard InChI is InChI=1S/C15H27NO11/c1-5(19)16-8-10(21)9(20)6(3-17)26-13(8)15(24)11(22)7(4-18)27-14(25-2)12(15)23/h6-14,17-18,20-24H,3-4H2,1-2H3,(H,16,19)/t6-,7-,8+,9-,10-,11+,12+,13-,14+,15+/m1/s1. The number of hydrogen-bond donors (Lipinski definition) is 8. The number of aliphatic hydroxyl groups excluding tert-OH is 6. The first kappa shape index (κ1) is 22.4. The van der Waals surface area contributed by atoms with Crippen LogP contribution in [0.2, 0.25) is 0 Å². The highest BCUT2D eigenvalue weighted by Gasteiger charge is 2.64. The number of hydrogen-bond acceptors (Lipinski definition) is 11. The Morgan fingerprint density at radius 1 is 1.04 bits per heavy atom. The van der Waals surface area contributed by atoms with Gasteiger partial charge in [-0.25, -0.2) is 0 Å². The molecule has 27 heavy (non-hydrogen) atoms. The quantitative estimate of drug-likeness (QED) is 0.220. The van der Waals surface area contributed by atoms with Crippen molar-refractivity contribution in [1.29, 1.82) is 0 Å². The average Bonchev–Trinajstić information content (AvgIpc) is 2.64. The van der Waals surface area contributed by atoms with E-state index in [0.29, 0.717) is 0 Å². The minimum absolute atomic E-state index is 0.649. The highest BCUT2D eigenvalue weighted by molar-refractivity contribution is 5.73. The van der Waals surface area contributed by atoms with Gasteiger partial charge in [-0.1, -0.05) is 0 Å². The lowest BCUT2D eigenvalue weighted by Gasteiger charge is -2.55. The predicted molar refractivity (Wildman–Crippen MR) is 85.1 cm³/mol. The van der Waals surface area contributed by atoms with Gasteiger partial charge in [-0.2, -0.15) is 0 Å². The molecule has 158 valence electrons. The van der Waals surface area contributed by atoms with Crippen LogP contribution in [0.15, 0.2) is 0 Å². The summed E-state index contributed by atoms with van der Waals surface area (Å²) in [5.41, 5.74) is -2.60. The fourth-order valence-electron chi connectivity index (χ4n) is 3.58. The Morgan fingerprint density at radius 2 is 1.63 bits per heavy atom. The number of aliphatic hydroxyl groups is 7. The van der Waals surface area contributed by atoms with Crippen molar-refractivity contribution in [1.82, 2.24) is 5.32 Å². The summed E-state index contributed by atoms with van der Waals surface area (Å²) in [6, 6.07) is -1.47. The molecular weight excluding hydrogens is 370 g/mol. The Bertz CT molecular complexity index is 504. The molecular formula is C15H27NO11. The van der Waals surface area contributed by atoms with Gasteiger partial charge in [0.25, 0.3) is 0 Å². The first-order valence-electron chi connectivity index (χ1n) is 8.40. The number of nitrogens with one attached hydrogen (secondary N) is 1. The largest absolute Gasteiger partial charge is 0.394 e. The first-order valence-corrected chi connectivity index (χ1v) is 8.40. The van der Waals surface area contributed by atoms with E-state index in [2.05, 4.69) is 5.32 Å². The van der Waals surface area contributed by atoms with Crippen LogP contribution in [0.25, 0.3) is 0 Å². The van der Waals surface area contributed by atoms with Gasteiger partial charge in [0, 0.05) is 14.0 Å². The van der Waals surface area contributed by atoms with Crippen LogP contribution in [0.1, 0.15) is 6.92 Å². The number of carbonyl (C=O) groups excluding carboxylic acids is 1. The lowest BCUT2D eigenvalue weighted by molar-refractivity contribution is -0.362. The number of amides is 1. The number of methoxy groups -OCH3 is 1. The van der Waals surface area contributed by atoms with E-state index in [1.165, 1.54) is 0 Å². The molecule has 12 heteroatoms. The lowest BCUT2D eigenvalue weighted by atomic mass is 9.73. The van der Waals surface area contributed by atoms with Gasteiger partial charge in [0.05, 0.1) is 19.3 Å². The molecule has 0 saturated carbocycles. The fourth-order valence-corrected chi connectivity index (χ4v) is 3.58. The van der Waals surface area contributed by atoms with Crippen LogP contribution in [0.3, 0.4) is 0 Å². The maximum absolute atomic E-state index is 11.5. The molecule has 2 heterocycles. The average molecular weight is 397 g/mol. The second-order valence-corrected chi connectivity index (χ2v) is 6.72.